The Bertz CT molecular complexity index is 252. The molecule has 5 heteroatoms. The Hall–Kier alpha value is -1.10. The van der Waals surface area contributed by atoms with Crippen molar-refractivity contribution in [3.63, 3.8) is 0 Å². The number of hydrogen-bond acceptors (Lipinski definition) is 3. The van der Waals surface area contributed by atoms with E-state index < -0.39 is 5.97 Å². The highest BCUT2D eigenvalue weighted by Crippen LogP contribution is 2.32. The summed E-state index contributed by atoms with van der Waals surface area (Å²) in [7, 11) is 0. The van der Waals surface area contributed by atoms with Crippen molar-refractivity contribution in [1.29, 1.82) is 0 Å². The zero-order chi connectivity index (χ0) is 12.0. The summed E-state index contributed by atoms with van der Waals surface area (Å²) in [6, 6.07) is -0.000908. The van der Waals surface area contributed by atoms with Gasteiger partial charge in [0.15, 0.2) is 0 Å². The summed E-state index contributed by atoms with van der Waals surface area (Å²) in [6.07, 6.45) is 4.15. The zero-order valence-corrected chi connectivity index (χ0v) is 9.45. The average Bonchev–Trinajstić information content (AvgIpc) is 2.99. The smallest absolute Gasteiger partial charge is 0.303 e. The number of carboxylic acid groups (broad SMARTS) is 1. The van der Waals surface area contributed by atoms with Gasteiger partial charge < -0.3 is 16.2 Å². The molecule has 1 rings (SSSR count). The van der Waals surface area contributed by atoms with E-state index in [0.717, 1.165) is 12.8 Å². The number of unbranched alkanes of at least 4 members (excludes halogenated alkanes) is 1. The van der Waals surface area contributed by atoms with Gasteiger partial charge in [-0.2, -0.15) is 0 Å². The van der Waals surface area contributed by atoms with Crippen LogP contribution in [0.25, 0.3) is 0 Å². The SMILES string of the molecule is NC(CC(=O)NCCCCC(=O)O)C1CC1. The first-order valence-corrected chi connectivity index (χ1v) is 5.83. The van der Waals surface area contributed by atoms with Crippen molar-refractivity contribution < 1.29 is 14.7 Å². The highest BCUT2D eigenvalue weighted by molar-refractivity contribution is 5.76. The lowest BCUT2D eigenvalue weighted by atomic mass is 10.1. The lowest BCUT2D eigenvalue weighted by Crippen LogP contribution is -2.33. The minimum atomic E-state index is -0.790. The maximum absolute atomic E-state index is 11.4. The van der Waals surface area contributed by atoms with E-state index in [0.29, 0.717) is 31.7 Å². The number of nitrogens with two attached hydrogens (primary N) is 1. The van der Waals surface area contributed by atoms with E-state index >= 15 is 0 Å². The van der Waals surface area contributed by atoms with Gasteiger partial charge in [-0.15, -0.1) is 0 Å². The fourth-order valence-corrected chi connectivity index (χ4v) is 1.61. The third-order valence-corrected chi connectivity index (χ3v) is 2.79. The number of carboxylic acids is 1. The topological polar surface area (TPSA) is 92.4 Å². The molecule has 1 amide bonds. The third-order valence-electron chi connectivity index (χ3n) is 2.79. The molecule has 0 bridgehead atoms. The number of aliphatic carboxylic acids is 1. The van der Waals surface area contributed by atoms with Crippen molar-refractivity contribution in [2.45, 2.75) is 44.6 Å². The molecule has 0 saturated heterocycles. The molecule has 1 aliphatic carbocycles. The van der Waals surface area contributed by atoms with Crippen LogP contribution < -0.4 is 11.1 Å². The number of nitrogens with one attached hydrogen (secondary N) is 1. The average molecular weight is 228 g/mol. The van der Waals surface area contributed by atoms with E-state index in [-0.39, 0.29) is 18.4 Å². The van der Waals surface area contributed by atoms with Gasteiger partial charge in [0.05, 0.1) is 0 Å². The van der Waals surface area contributed by atoms with E-state index in [4.69, 9.17) is 10.8 Å². The van der Waals surface area contributed by atoms with Crippen LogP contribution in [0.15, 0.2) is 0 Å². The highest BCUT2D eigenvalue weighted by atomic mass is 16.4. The van der Waals surface area contributed by atoms with Crippen LogP contribution in [0.3, 0.4) is 0 Å². The first kappa shape index (κ1) is 13.0. The van der Waals surface area contributed by atoms with Crippen molar-refractivity contribution in [1.82, 2.24) is 5.32 Å². The summed E-state index contributed by atoms with van der Waals surface area (Å²) in [6.45, 7) is 0.545. The molecule has 5 nitrogen and oxygen atoms in total. The minimum Gasteiger partial charge on any atom is -0.481 e. The minimum absolute atomic E-state index is 0.000908. The normalized spacial score (nSPS) is 16.8. The van der Waals surface area contributed by atoms with Gasteiger partial charge in [-0.05, 0) is 31.6 Å². The second-order valence-electron chi connectivity index (χ2n) is 4.41. The van der Waals surface area contributed by atoms with E-state index in [1.54, 1.807) is 0 Å². The van der Waals surface area contributed by atoms with Gasteiger partial charge in [-0.3, -0.25) is 9.59 Å². The van der Waals surface area contributed by atoms with Crippen LogP contribution in [0.2, 0.25) is 0 Å². The summed E-state index contributed by atoms with van der Waals surface area (Å²) in [5.74, 6) is -0.269. The zero-order valence-electron chi connectivity index (χ0n) is 9.45. The molecule has 1 fully saturated rings. The summed E-state index contributed by atoms with van der Waals surface area (Å²) in [5, 5.41) is 11.2. The van der Waals surface area contributed by atoms with Crippen LogP contribution >= 0.6 is 0 Å². The van der Waals surface area contributed by atoms with Crippen molar-refractivity contribution in [2.75, 3.05) is 6.54 Å². The molecule has 0 aromatic heterocycles. The standard InChI is InChI=1S/C11H20N2O3/c12-9(8-4-5-8)7-10(14)13-6-2-1-3-11(15)16/h8-9H,1-7,12H2,(H,13,14)(H,15,16). The van der Waals surface area contributed by atoms with Gasteiger partial charge in [0.2, 0.25) is 5.91 Å². The molecule has 0 aromatic carbocycles. The predicted octanol–water partition coefficient (Wildman–Crippen LogP) is 0.485. The van der Waals surface area contributed by atoms with Gasteiger partial charge in [0.1, 0.15) is 0 Å². The summed E-state index contributed by atoms with van der Waals surface area (Å²) >= 11 is 0. The van der Waals surface area contributed by atoms with Crippen LogP contribution in [-0.2, 0) is 9.59 Å². The number of hydrogen-bond donors (Lipinski definition) is 3. The fraction of sp³-hybridized carbons (Fsp3) is 0.818. The number of rotatable bonds is 8. The molecule has 0 heterocycles. The van der Waals surface area contributed by atoms with Crippen molar-refractivity contribution in [3.05, 3.63) is 0 Å². The maximum Gasteiger partial charge on any atom is 0.303 e. The molecule has 16 heavy (non-hydrogen) atoms. The van der Waals surface area contributed by atoms with Gasteiger partial charge in [-0.1, -0.05) is 0 Å². The Labute approximate surface area is 95.4 Å². The Balaban J connectivity index is 1.95. The third kappa shape index (κ3) is 5.70. The summed E-state index contributed by atoms with van der Waals surface area (Å²) in [5.41, 5.74) is 5.81. The quantitative estimate of drug-likeness (QED) is 0.527. The van der Waals surface area contributed by atoms with Crippen LogP contribution in [0.1, 0.15) is 38.5 Å². The molecule has 1 unspecified atom stereocenters. The van der Waals surface area contributed by atoms with Crippen LogP contribution in [0, 0.1) is 5.92 Å². The van der Waals surface area contributed by atoms with Gasteiger partial charge >= 0.3 is 5.97 Å². The maximum atomic E-state index is 11.4. The number of amides is 1. The fourth-order valence-electron chi connectivity index (χ4n) is 1.61. The first-order chi connectivity index (χ1) is 7.59. The molecular weight excluding hydrogens is 208 g/mol. The molecular formula is C11H20N2O3. The van der Waals surface area contributed by atoms with Crippen LogP contribution in [0.4, 0.5) is 0 Å². The Morgan fingerprint density at radius 3 is 2.62 bits per heavy atom. The predicted molar refractivity (Wildman–Crippen MR) is 59.8 cm³/mol. The van der Waals surface area contributed by atoms with Gasteiger partial charge in [0.25, 0.3) is 0 Å². The van der Waals surface area contributed by atoms with Crippen molar-refractivity contribution in [2.24, 2.45) is 11.7 Å². The molecule has 1 atom stereocenters. The Kier molecular flexibility index (Phi) is 5.25. The lowest BCUT2D eigenvalue weighted by molar-refractivity contribution is -0.137. The van der Waals surface area contributed by atoms with Crippen molar-refractivity contribution in [3.8, 4) is 0 Å². The Morgan fingerprint density at radius 1 is 1.38 bits per heavy atom. The molecule has 1 aliphatic rings. The van der Waals surface area contributed by atoms with E-state index in [2.05, 4.69) is 5.32 Å². The number of carbonyl (C=O) groups is 2. The Morgan fingerprint density at radius 2 is 2.06 bits per heavy atom. The lowest BCUT2D eigenvalue weighted by Gasteiger charge is -2.10. The number of carbonyl (C=O) groups excluding carboxylic acids is 1. The van der Waals surface area contributed by atoms with Crippen LogP contribution in [-0.4, -0.2) is 29.6 Å². The molecule has 4 N–H and O–H groups in total. The van der Waals surface area contributed by atoms with Crippen molar-refractivity contribution >= 4 is 11.9 Å². The summed E-state index contributed by atoms with van der Waals surface area (Å²) in [4.78, 5) is 21.6. The van der Waals surface area contributed by atoms with E-state index in [9.17, 15) is 9.59 Å². The van der Waals surface area contributed by atoms with Crippen LogP contribution in [0.5, 0.6) is 0 Å². The van der Waals surface area contributed by atoms with Gasteiger partial charge in [-0.25, -0.2) is 0 Å². The van der Waals surface area contributed by atoms with Gasteiger partial charge in [0, 0.05) is 25.4 Å². The molecule has 0 aliphatic heterocycles. The second kappa shape index (κ2) is 6.48. The molecule has 0 radical (unpaired) electrons. The summed E-state index contributed by atoms with van der Waals surface area (Å²) < 4.78 is 0. The first-order valence-electron chi connectivity index (χ1n) is 5.83. The second-order valence-corrected chi connectivity index (χ2v) is 4.41. The molecule has 92 valence electrons. The molecule has 0 aromatic rings. The highest BCUT2D eigenvalue weighted by Gasteiger charge is 2.29. The molecule has 1 saturated carbocycles. The van der Waals surface area contributed by atoms with E-state index in [1.807, 2.05) is 0 Å². The molecule has 0 spiro atoms. The van der Waals surface area contributed by atoms with E-state index in [1.165, 1.54) is 0 Å². The monoisotopic (exact) mass is 228 g/mol. The largest absolute Gasteiger partial charge is 0.481 e.